The molecule has 1 aromatic heterocycles. The highest BCUT2D eigenvalue weighted by atomic mass is 16.2. The molecule has 1 fully saturated rings. The minimum absolute atomic E-state index is 0.0421. The van der Waals surface area contributed by atoms with Crippen molar-refractivity contribution in [1.29, 1.82) is 0 Å². The van der Waals surface area contributed by atoms with Gasteiger partial charge in [0.05, 0.1) is 11.1 Å². The van der Waals surface area contributed by atoms with Crippen LogP contribution in [0.4, 0.5) is 5.69 Å². The summed E-state index contributed by atoms with van der Waals surface area (Å²) in [4.78, 5) is 31.8. The molecule has 4 aromatic rings. The van der Waals surface area contributed by atoms with Crippen molar-refractivity contribution in [1.82, 2.24) is 4.98 Å². The Morgan fingerprint density at radius 1 is 0.893 bits per heavy atom. The predicted molar refractivity (Wildman–Crippen MR) is 111 cm³/mol. The number of carbonyl (C=O) groups excluding carboxylic acids is 1. The van der Waals surface area contributed by atoms with Crippen LogP contribution in [0.1, 0.15) is 28.8 Å². The van der Waals surface area contributed by atoms with Crippen LogP contribution in [-0.4, -0.2) is 17.4 Å². The van der Waals surface area contributed by atoms with E-state index >= 15 is 0 Å². The van der Waals surface area contributed by atoms with Gasteiger partial charge in [-0.15, -0.1) is 0 Å². The van der Waals surface area contributed by atoms with E-state index in [4.69, 9.17) is 0 Å². The Hall–Kier alpha value is -3.40. The van der Waals surface area contributed by atoms with Crippen molar-refractivity contribution in [3.8, 4) is 0 Å². The normalized spacial score (nSPS) is 16.6. The molecule has 28 heavy (non-hydrogen) atoms. The Kier molecular flexibility index (Phi) is 2.97. The van der Waals surface area contributed by atoms with Crippen LogP contribution < -0.4 is 10.3 Å². The van der Waals surface area contributed by atoms with Gasteiger partial charge in [0.25, 0.3) is 5.91 Å². The first-order valence-corrected chi connectivity index (χ1v) is 9.63. The highest BCUT2D eigenvalue weighted by Gasteiger charge is 2.52. The molecule has 0 bridgehead atoms. The smallest absolute Gasteiger partial charge is 0.260 e. The topological polar surface area (TPSA) is 53.2 Å². The Labute approximate surface area is 161 Å². The van der Waals surface area contributed by atoms with E-state index in [1.807, 2.05) is 47.4 Å². The molecule has 6 rings (SSSR count). The molecule has 2 heterocycles. The average Bonchev–Trinajstić information content (AvgIpc) is 3.44. The summed E-state index contributed by atoms with van der Waals surface area (Å²) in [6.07, 6.45) is 2.26. The van der Waals surface area contributed by atoms with Gasteiger partial charge in [0.2, 0.25) is 0 Å². The fraction of sp³-hybridized carbons (Fsp3) is 0.167. The summed E-state index contributed by atoms with van der Waals surface area (Å²) >= 11 is 0. The first-order valence-electron chi connectivity index (χ1n) is 9.63. The van der Waals surface area contributed by atoms with E-state index in [2.05, 4.69) is 17.1 Å². The Bertz CT molecular complexity index is 1350. The van der Waals surface area contributed by atoms with Crippen LogP contribution >= 0.6 is 0 Å². The van der Waals surface area contributed by atoms with Gasteiger partial charge in [-0.25, -0.2) is 0 Å². The quantitative estimate of drug-likeness (QED) is 0.509. The van der Waals surface area contributed by atoms with Gasteiger partial charge in [0.1, 0.15) is 0 Å². The third-order valence-electron chi connectivity index (χ3n) is 6.30. The molecular formula is C24H18N2O2. The maximum atomic E-state index is 13.6. The number of nitrogens with zero attached hydrogens (tertiary/aromatic N) is 1. The minimum Gasteiger partial charge on any atom is -0.354 e. The molecular weight excluding hydrogens is 348 g/mol. The van der Waals surface area contributed by atoms with Gasteiger partial charge in [0.15, 0.2) is 5.43 Å². The Balaban J connectivity index is 1.56. The van der Waals surface area contributed by atoms with Gasteiger partial charge >= 0.3 is 0 Å². The van der Waals surface area contributed by atoms with Crippen LogP contribution in [-0.2, 0) is 5.41 Å². The summed E-state index contributed by atoms with van der Waals surface area (Å²) in [5, 5.41) is 1.20. The number of H-pyrrole nitrogens is 1. The Morgan fingerprint density at radius 3 is 2.50 bits per heavy atom. The predicted octanol–water partition coefficient (Wildman–Crippen LogP) is 4.37. The number of aromatic amines is 1. The summed E-state index contributed by atoms with van der Waals surface area (Å²) < 4.78 is 0. The second-order valence-electron chi connectivity index (χ2n) is 7.92. The lowest BCUT2D eigenvalue weighted by atomic mass is 9.99. The summed E-state index contributed by atoms with van der Waals surface area (Å²) in [6, 6.07) is 21.1. The maximum Gasteiger partial charge on any atom is 0.260 e. The van der Waals surface area contributed by atoms with Crippen LogP contribution in [0.25, 0.3) is 21.8 Å². The third-order valence-corrected chi connectivity index (χ3v) is 6.30. The lowest BCUT2D eigenvalue weighted by Crippen LogP contribution is -2.31. The number of hydrogen-bond donors (Lipinski definition) is 1. The zero-order chi connectivity index (χ0) is 18.9. The molecule has 1 aliphatic carbocycles. The molecule has 0 unspecified atom stereocenters. The van der Waals surface area contributed by atoms with E-state index in [0.717, 1.165) is 30.6 Å². The molecule has 3 aromatic carbocycles. The van der Waals surface area contributed by atoms with Crippen molar-refractivity contribution in [3.05, 3.63) is 88.1 Å². The number of nitrogens with one attached hydrogen (secondary N) is 1. The molecule has 4 nitrogen and oxygen atoms in total. The van der Waals surface area contributed by atoms with Crippen LogP contribution in [0.2, 0.25) is 0 Å². The number of benzene rings is 3. The third kappa shape index (κ3) is 2.00. The fourth-order valence-corrected chi connectivity index (χ4v) is 4.66. The lowest BCUT2D eigenvalue weighted by molar-refractivity contribution is 0.0989. The second-order valence-corrected chi connectivity index (χ2v) is 7.92. The van der Waals surface area contributed by atoms with E-state index in [1.54, 1.807) is 12.1 Å². The number of aromatic nitrogens is 1. The molecule has 0 atom stereocenters. The van der Waals surface area contributed by atoms with Crippen molar-refractivity contribution in [2.24, 2.45) is 0 Å². The van der Waals surface area contributed by atoms with Gasteiger partial charge < -0.3 is 9.88 Å². The molecule has 1 saturated carbocycles. The van der Waals surface area contributed by atoms with Crippen LogP contribution in [0.15, 0.2) is 71.5 Å². The first kappa shape index (κ1) is 15.6. The van der Waals surface area contributed by atoms with E-state index < -0.39 is 0 Å². The van der Waals surface area contributed by atoms with E-state index in [-0.39, 0.29) is 16.8 Å². The molecule has 136 valence electrons. The zero-order valence-electron chi connectivity index (χ0n) is 15.2. The fourth-order valence-electron chi connectivity index (χ4n) is 4.66. The van der Waals surface area contributed by atoms with Crippen molar-refractivity contribution in [2.45, 2.75) is 18.3 Å². The maximum absolute atomic E-state index is 13.6. The average molecular weight is 366 g/mol. The monoisotopic (exact) mass is 366 g/mol. The molecule has 1 N–H and O–H groups in total. The molecule has 2 aliphatic rings. The largest absolute Gasteiger partial charge is 0.354 e. The van der Waals surface area contributed by atoms with Crippen LogP contribution in [0.5, 0.6) is 0 Å². The molecule has 4 heteroatoms. The van der Waals surface area contributed by atoms with Gasteiger partial charge in [0, 0.05) is 33.9 Å². The first-order chi connectivity index (χ1) is 13.7. The zero-order valence-corrected chi connectivity index (χ0v) is 15.2. The number of anilines is 1. The highest BCUT2D eigenvalue weighted by molar-refractivity contribution is 6.15. The number of para-hydroxylation sites is 3. The van der Waals surface area contributed by atoms with Crippen LogP contribution in [0.3, 0.4) is 0 Å². The van der Waals surface area contributed by atoms with Crippen molar-refractivity contribution in [3.63, 3.8) is 0 Å². The SMILES string of the molecule is O=C(c1cccc2c(=O)c3ccccc3[nH]c12)N1CC2(CC2)c2ccccc21. The van der Waals surface area contributed by atoms with Gasteiger partial charge in [-0.2, -0.15) is 0 Å². The number of fused-ring (bicyclic) bond motifs is 4. The van der Waals surface area contributed by atoms with Gasteiger partial charge in [-0.3, -0.25) is 9.59 Å². The summed E-state index contributed by atoms with van der Waals surface area (Å²) in [5.41, 5.74) is 4.29. The highest BCUT2D eigenvalue weighted by Crippen LogP contribution is 2.56. The molecule has 0 radical (unpaired) electrons. The van der Waals surface area contributed by atoms with Crippen LogP contribution in [0, 0.1) is 0 Å². The number of rotatable bonds is 1. The number of pyridine rings is 1. The molecule has 1 spiro atoms. The number of amides is 1. The van der Waals surface area contributed by atoms with E-state index in [0.29, 0.717) is 21.9 Å². The second kappa shape index (κ2) is 5.32. The number of carbonyl (C=O) groups is 1. The van der Waals surface area contributed by atoms with E-state index in [9.17, 15) is 9.59 Å². The summed E-state index contributed by atoms with van der Waals surface area (Å²) in [5.74, 6) is -0.0484. The van der Waals surface area contributed by atoms with Crippen molar-refractivity contribution >= 4 is 33.4 Å². The summed E-state index contributed by atoms with van der Waals surface area (Å²) in [7, 11) is 0. The number of hydrogen-bond acceptors (Lipinski definition) is 2. The molecule has 1 aliphatic heterocycles. The minimum atomic E-state index is -0.0484. The van der Waals surface area contributed by atoms with Crippen molar-refractivity contribution < 1.29 is 4.79 Å². The lowest BCUT2D eigenvalue weighted by Gasteiger charge is -2.19. The van der Waals surface area contributed by atoms with Gasteiger partial charge in [-0.1, -0.05) is 36.4 Å². The molecule has 0 saturated heterocycles. The van der Waals surface area contributed by atoms with E-state index in [1.165, 1.54) is 5.56 Å². The van der Waals surface area contributed by atoms with Gasteiger partial charge in [-0.05, 0) is 48.7 Å². The summed E-state index contributed by atoms with van der Waals surface area (Å²) in [6.45, 7) is 0.722. The standard InChI is InChI=1S/C24H18N2O2/c27-22-15-6-1-3-10-19(15)25-21-16(22)7-5-8-17(21)23(28)26-14-24(12-13-24)18-9-2-4-11-20(18)26/h1-11H,12-14H2,(H,25,27). The molecule has 1 amide bonds. The van der Waals surface area contributed by atoms with Crippen molar-refractivity contribution in [2.75, 3.05) is 11.4 Å². The Morgan fingerprint density at radius 2 is 1.64 bits per heavy atom.